The van der Waals surface area contributed by atoms with E-state index in [-0.39, 0.29) is 18.0 Å². The zero-order valence-electron chi connectivity index (χ0n) is 15.3. The molecule has 1 atom stereocenters. The number of nitro benzene ring substituents is 1. The van der Waals surface area contributed by atoms with Gasteiger partial charge >= 0.3 is 0 Å². The second-order valence-electron chi connectivity index (χ2n) is 6.42. The van der Waals surface area contributed by atoms with Crippen molar-refractivity contribution in [2.45, 2.75) is 25.5 Å². The normalized spacial score (nSPS) is 17.4. The Kier molecular flexibility index (Phi) is 5.74. The lowest BCUT2D eigenvalue weighted by Gasteiger charge is -2.07. The van der Waals surface area contributed by atoms with E-state index in [1.54, 1.807) is 6.07 Å². The molecule has 0 bridgehead atoms. The summed E-state index contributed by atoms with van der Waals surface area (Å²) in [6.45, 7) is 3.94. The average molecular weight is 398 g/mol. The third-order valence-corrected chi connectivity index (χ3v) is 5.01. The minimum atomic E-state index is -0.608. The van der Waals surface area contributed by atoms with Crippen molar-refractivity contribution in [3.8, 4) is 0 Å². The number of amides is 2. The molecule has 144 valence electrons. The molecular formula is C19H18N4O4S. The smallest absolute Gasteiger partial charge is 0.271 e. The number of thioether (sulfide) groups is 1. The highest BCUT2D eigenvalue weighted by Crippen LogP contribution is 2.27. The summed E-state index contributed by atoms with van der Waals surface area (Å²) in [6.07, 6.45) is -0.0644. The Morgan fingerprint density at radius 1 is 1.25 bits per heavy atom. The second kappa shape index (κ2) is 8.22. The van der Waals surface area contributed by atoms with Crippen LogP contribution in [0.2, 0.25) is 0 Å². The molecule has 0 aliphatic carbocycles. The van der Waals surface area contributed by atoms with Crippen LogP contribution in [0.5, 0.6) is 0 Å². The molecule has 1 fully saturated rings. The molecule has 2 N–H and O–H groups in total. The minimum absolute atomic E-state index is 0.0644. The lowest BCUT2D eigenvalue weighted by atomic mass is 10.1. The fourth-order valence-corrected chi connectivity index (χ4v) is 3.79. The number of nitrogens with one attached hydrogen (secondary N) is 2. The number of benzene rings is 2. The predicted octanol–water partition coefficient (Wildman–Crippen LogP) is 3.46. The van der Waals surface area contributed by atoms with Gasteiger partial charge < -0.3 is 10.6 Å². The lowest BCUT2D eigenvalue weighted by molar-refractivity contribution is -0.384. The Hall–Kier alpha value is -3.20. The topological polar surface area (TPSA) is 114 Å². The lowest BCUT2D eigenvalue weighted by Crippen LogP contribution is -2.28. The molecule has 1 saturated heterocycles. The average Bonchev–Trinajstić information content (AvgIpc) is 2.93. The van der Waals surface area contributed by atoms with Crippen molar-refractivity contribution in [3.05, 3.63) is 63.7 Å². The number of carbonyl (C=O) groups is 2. The van der Waals surface area contributed by atoms with Crippen molar-refractivity contribution in [2.75, 3.05) is 5.32 Å². The van der Waals surface area contributed by atoms with E-state index < -0.39 is 16.1 Å². The summed E-state index contributed by atoms with van der Waals surface area (Å²) in [5.41, 5.74) is 3.07. The van der Waals surface area contributed by atoms with Gasteiger partial charge in [0.1, 0.15) is 5.25 Å². The summed E-state index contributed by atoms with van der Waals surface area (Å²) in [5.74, 6) is -0.692. The molecule has 0 saturated carbocycles. The highest BCUT2D eigenvalue weighted by Gasteiger charge is 2.32. The van der Waals surface area contributed by atoms with Gasteiger partial charge in [0, 0.05) is 24.2 Å². The standard InChI is InChI=1S/C19H18N4O4S/c1-11-6-12(2)8-14(7-11)21-19-22-18(25)16(28-19)10-17(24)20-13-4-3-5-15(9-13)23(26)27/h3-9,16H,10H2,1-2H3,(H,20,24)(H,21,22,25)/t16-/m1/s1. The number of amidine groups is 1. The molecular weight excluding hydrogens is 380 g/mol. The van der Waals surface area contributed by atoms with Crippen molar-refractivity contribution in [3.63, 3.8) is 0 Å². The second-order valence-corrected chi connectivity index (χ2v) is 7.61. The van der Waals surface area contributed by atoms with Crippen LogP contribution >= 0.6 is 11.8 Å². The number of rotatable bonds is 5. The Balaban J connectivity index is 1.64. The van der Waals surface area contributed by atoms with Crippen LogP contribution in [0.3, 0.4) is 0 Å². The number of anilines is 1. The van der Waals surface area contributed by atoms with E-state index in [2.05, 4.69) is 15.6 Å². The first-order chi connectivity index (χ1) is 13.3. The van der Waals surface area contributed by atoms with E-state index >= 15 is 0 Å². The van der Waals surface area contributed by atoms with Crippen LogP contribution in [-0.2, 0) is 9.59 Å². The van der Waals surface area contributed by atoms with Crippen molar-refractivity contribution in [1.82, 2.24) is 5.32 Å². The molecule has 0 spiro atoms. The minimum Gasteiger partial charge on any atom is -0.326 e. The summed E-state index contributed by atoms with van der Waals surface area (Å²) >= 11 is 1.19. The molecule has 1 aliphatic rings. The monoisotopic (exact) mass is 398 g/mol. The molecule has 1 heterocycles. The highest BCUT2D eigenvalue weighted by molar-refractivity contribution is 8.15. The van der Waals surface area contributed by atoms with Gasteiger partial charge in [0.15, 0.2) is 5.17 Å². The van der Waals surface area contributed by atoms with Crippen molar-refractivity contribution < 1.29 is 14.5 Å². The maximum atomic E-state index is 12.2. The fraction of sp³-hybridized carbons (Fsp3) is 0.211. The van der Waals surface area contributed by atoms with Crippen LogP contribution in [0.4, 0.5) is 17.1 Å². The first-order valence-electron chi connectivity index (χ1n) is 8.49. The molecule has 3 rings (SSSR count). The van der Waals surface area contributed by atoms with Crippen LogP contribution in [0, 0.1) is 24.0 Å². The largest absolute Gasteiger partial charge is 0.326 e. The van der Waals surface area contributed by atoms with E-state index in [0.29, 0.717) is 10.9 Å². The van der Waals surface area contributed by atoms with Gasteiger partial charge in [0.05, 0.1) is 10.6 Å². The van der Waals surface area contributed by atoms with Crippen LogP contribution in [0.1, 0.15) is 17.5 Å². The molecule has 28 heavy (non-hydrogen) atoms. The summed E-state index contributed by atoms with van der Waals surface area (Å²) in [7, 11) is 0. The molecule has 8 nitrogen and oxygen atoms in total. The van der Waals surface area contributed by atoms with Gasteiger partial charge in [0.2, 0.25) is 11.8 Å². The Morgan fingerprint density at radius 3 is 2.64 bits per heavy atom. The SMILES string of the molecule is Cc1cc(C)cc(N=C2NC(=O)[C@@H](CC(=O)Nc3cccc([N+](=O)[O-])c3)S2)c1. The predicted molar refractivity (Wildman–Crippen MR) is 109 cm³/mol. The Morgan fingerprint density at radius 2 is 1.96 bits per heavy atom. The van der Waals surface area contributed by atoms with E-state index in [1.807, 2.05) is 32.0 Å². The van der Waals surface area contributed by atoms with Gasteiger partial charge in [-0.05, 0) is 43.2 Å². The molecule has 2 aromatic rings. The molecule has 9 heteroatoms. The zero-order valence-corrected chi connectivity index (χ0v) is 16.1. The van der Waals surface area contributed by atoms with Gasteiger partial charge in [-0.2, -0.15) is 0 Å². The number of hydrogen-bond acceptors (Lipinski definition) is 6. The molecule has 0 unspecified atom stereocenters. The van der Waals surface area contributed by atoms with Crippen LogP contribution in [0.15, 0.2) is 47.5 Å². The first kappa shape index (κ1) is 19.6. The van der Waals surface area contributed by atoms with Gasteiger partial charge in [-0.25, -0.2) is 4.99 Å². The number of aryl methyl sites for hydroxylation is 2. The number of non-ortho nitro benzene ring substituents is 1. The van der Waals surface area contributed by atoms with Crippen molar-refractivity contribution >= 4 is 45.8 Å². The van der Waals surface area contributed by atoms with E-state index in [4.69, 9.17) is 0 Å². The fourth-order valence-electron chi connectivity index (χ4n) is 2.80. The van der Waals surface area contributed by atoms with E-state index in [1.165, 1.54) is 30.0 Å². The Labute approximate surface area is 165 Å². The van der Waals surface area contributed by atoms with Gasteiger partial charge in [-0.1, -0.05) is 23.9 Å². The van der Waals surface area contributed by atoms with Gasteiger partial charge in [0.25, 0.3) is 5.69 Å². The zero-order chi connectivity index (χ0) is 20.3. The van der Waals surface area contributed by atoms with Crippen LogP contribution in [-0.4, -0.2) is 27.2 Å². The maximum Gasteiger partial charge on any atom is 0.271 e. The molecule has 0 aromatic heterocycles. The molecule has 2 amide bonds. The third kappa shape index (κ3) is 4.95. The third-order valence-electron chi connectivity index (χ3n) is 3.93. The van der Waals surface area contributed by atoms with Crippen molar-refractivity contribution in [1.29, 1.82) is 0 Å². The number of nitro groups is 1. The number of hydrogen-bond donors (Lipinski definition) is 2. The summed E-state index contributed by atoms with van der Waals surface area (Å²) in [4.78, 5) is 39.1. The highest BCUT2D eigenvalue weighted by atomic mass is 32.2. The quantitative estimate of drug-likeness (QED) is 0.591. The number of aliphatic imine (C=N–C) groups is 1. The van der Waals surface area contributed by atoms with E-state index in [9.17, 15) is 19.7 Å². The molecule has 1 aliphatic heterocycles. The first-order valence-corrected chi connectivity index (χ1v) is 9.37. The number of carbonyl (C=O) groups excluding carboxylic acids is 2. The molecule has 2 aromatic carbocycles. The van der Waals surface area contributed by atoms with Crippen molar-refractivity contribution in [2.24, 2.45) is 4.99 Å². The summed E-state index contributed by atoms with van der Waals surface area (Å²) in [5, 5.41) is 15.9. The van der Waals surface area contributed by atoms with Gasteiger partial charge in [-0.15, -0.1) is 0 Å². The maximum absolute atomic E-state index is 12.2. The van der Waals surface area contributed by atoms with Crippen LogP contribution in [0.25, 0.3) is 0 Å². The Bertz CT molecular complexity index is 969. The summed E-state index contributed by atoms with van der Waals surface area (Å²) < 4.78 is 0. The summed E-state index contributed by atoms with van der Waals surface area (Å²) in [6, 6.07) is 11.5. The van der Waals surface area contributed by atoms with E-state index in [0.717, 1.165) is 16.8 Å². The number of nitrogens with zero attached hydrogens (tertiary/aromatic N) is 2. The molecule has 0 radical (unpaired) electrons. The van der Waals surface area contributed by atoms with Crippen LogP contribution < -0.4 is 10.6 Å². The van der Waals surface area contributed by atoms with Gasteiger partial charge in [-0.3, -0.25) is 19.7 Å².